The lowest BCUT2D eigenvalue weighted by molar-refractivity contribution is 1.07. The minimum Gasteiger partial charge on any atom is -0.404 e. The van der Waals surface area contributed by atoms with E-state index in [0.29, 0.717) is 5.70 Å². The van der Waals surface area contributed by atoms with Crippen LogP contribution in [0.5, 0.6) is 0 Å². The van der Waals surface area contributed by atoms with Crippen molar-refractivity contribution in [1.29, 1.82) is 0 Å². The fraction of sp³-hybridized carbons (Fsp3) is 0.0732. The van der Waals surface area contributed by atoms with E-state index < -0.39 is 0 Å². The number of rotatable bonds is 11. The van der Waals surface area contributed by atoms with Crippen LogP contribution in [0.15, 0.2) is 147 Å². The van der Waals surface area contributed by atoms with E-state index >= 15 is 0 Å². The standard InChI is InChI=1S/C41H40N4/c1-6-31(33(8-3)26-42)25-40-28(4)29(5)41(45(40)39-19-13-16-34-15-10-11-17-36(34)39)37-21-20-35(24-32(37)7-2)38(43)18-12-9-14-30-22-23-44-27-30/h6-13,15-27,44H,1-3,14,42-43H2,4-5H3/b12-9-,31-25+,33-26+,38-18-. The van der Waals surface area contributed by atoms with E-state index in [0.717, 1.165) is 62.3 Å². The van der Waals surface area contributed by atoms with Crippen molar-refractivity contribution in [2.75, 3.05) is 0 Å². The monoisotopic (exact) mass is 588 g/mol. The Morgan fingerprint density at radius 3 is 2.40 bits per heavy atom. The summed E-state index contributed by atoms with van der Waals surface area (Å²) >= 11 is 0. The van der Waals surface area contributed by atoms with Gasteiger partial charge in [0.1, 0.15) is 0 Å². The van der Waals surface area contributed by atoms with E-state index in [4.69, 9.17) is 11.5 Å². The zero-order chi connectivity index (χ0) is 31.9. The van der Waals surface area contributed by atoms with Gasteiger partial charge in [0.15, 0.2) is 0 Å². The van der Waals surface area contributed by atoms with Crippen LogP contribution in [0.25, 0.3) is 45.6 Å². The molecule has 0 bridgehead atoms. The van der Waals surface area contributed by atoms with E-state index in [1.54, 1.807) is 12.3 Å². The smallest absolute Gasteiger partial charge is 0.0572 e. The highest BCUT2D eigenvalue weighted by Crippen LogP contribution is 2.40. The van der Waals surface area contributed by atoms with Crippen LogP contribution in [-0.2, 0) is 6.42 Å². The van der Waals surface area contributed by atoms with Crippen molar-refractivity contribution in [1.82, 2.24) is 9.55 Å². The number of aromatic amines is 1. The lowest BCUT2D eigenvalue weighted by Gasteiger charge is -2.18. The lowest BCUT2D eigenvalue weighted by Crippen LogP contribution is -2.03. The highest BCUT2D eigenvalue weighted by Gasteiger charge is 2.22. The van der Waals surface area contributed by atoms with E-state index in [2.05, 4.69) is 122 Å². The Kier molecular flexibility index (Phi) is 9.35. The predicted octanol–water partition coefficient (Wildman–Crippen LogP) is 9.58. The van der Waals surface area contributed by atoms with Crippen molar-refractivity contribution < 1.29 is 0 Å². The normalized spacial score (nSPS) is 12.6. The van der Waals surface area contributed by atoms with Crippen LogP contribution in [0, 0.1) is 13.8 Å². The summed E-state index contributed by atoms with van der Waals surface area (Å²) in [7, 11) is 0. The van der Waals surface area contributed by atoms with Gasteiger partial charge in [-0.3, -0.25) is 0 Å². The first-order valence-electron chi connectivity index (χ1n) is 15.0. The molecule has 5 rings (SSSR count). The molecule has 0 fully saturated rings. The first kappa shape index (κ1) is 30.7. The predicted molar refractivity (Wildman–Crippen MR) is 195 cm³/mol. The average Bonchev–Trinajstić information content (AvgIpc) is 3.68. The fourth-order valence-electron chi connectivity index (χ4n) is 5.75. The van der Waals surface area contributed by atoms with Gasteiger partial charge in [0.2, 0.25) is 0 Å². The number of fused-ring (bicyclic) bond motifs is 1. The van der Waals surface area contributed by atoms with Gasteiger partial charge in [-0.05, 0) is 95.0 Å². The molecule has 0 saturated carbocycles. The molecular weight excluding hydrogens is 548 g/mol. The van der Waals surface area contributed by atoms with Gasteiger partial charge in [-0.2, -0.15) is 0 Å². The molecule has 0 spiro atoms. The molecule has 0 amide bonds. The summed E-state index contributed by atoms with van der Waals surface area (Å²) in [5.41, 5.74) is 24.7. The SMILES string of the molecule is C=CC(=C\N)/C(C=C)=C/c1c(C)c(C)c(-c2ccc(/C(N)=C/C=C\Cc3cc[nH]c3)cc2C=C)n1-c1cccc2ccccc12. The number of allylic oxidation sites excluding steroid dienone is 7. The summed E-state index contributed by atoms with van der Waals surface area (Å²) < 4.78 is 2.35. The van der Waals surface area contributed by atoms with Gasteiger partial charge in [-0.15, -0.1) is 0 Å². The molecule has 4 nitrogen and oxygen atoms in total. The van der Waals surface area contributed by atoms with Gasteiger partial charge in [0, 0.05) is 35.2 Å². The summed E-state index contributed by atoms with van der Waals surface area (Å²) in [5.74, 6) is 0. The maximum Gasteiger partial charge on any atom is 0.0572 e. The first-order valence-corrected chi connectivity index (χ1v) is 15.0. The van der Waals surface area contributed by atoms with Crippen LogP contribution < -0.4 is 11.5 Å². The summed E-state index contributed by atoms with van der Waals surface area (Å²) in [5, 5.41) is 2.32. The molecule has 0 aliphatic carbocycles. The zero-order valence-corrected chi connectivity index (χ0v) is 26.1. The third kappa shape index (κ3) is 6.17. The minimum atomic E-state index is 0.692. The molecule has 3 aromatic carbocycles. The Hall–Kier alpha value is -5.74. The second kappa shape index (κ2) is 13.7. The lowest BCUT2D eigenvalue weighted by atomic mass is 9.97. The zero-order valence-electron chi connectivity index (χ0n) is 26.1. The number of hydrogen-bond acceptors (Lipinski definition) is 2. The van der Waals surface area contributed by atoms with Crippen LogP contribution in [-0.4, -0.2) is 9.55 Å². The third-order valence-electron chi connectivity index (χ3n) is 8.31. The highest BCUT2D eigenvalue weighted by molar-refractivity contribution is 5.93. The van der Waals surface area contributed by atoms with Gasteiger partial charge in [0.25, 0.3) is 0 Å². The summed E-state index contributed by atoms with van der Waals surface area (Å²) in [4.78, 5) is 3.09. The van der Waals surface area contributed by atoms with Crippen molar-refractivity contribution in [3.05, 3.63) is 180 Å². The Bertz CT molecular complexity index is 2000. The molecule has 2 heterocycles. The molecule has 0 atom stereocenters. The van der Waals surface area contributed by atoms with Gasteiger partial charge < -0.3 is 21.0 Å². The number of nitrogens with one attached hydrogen (secondary N) is 1. The van der Waals surface area contributed by atoms with Crippen LogP contribution in [0.1, 0.15) is 33.5 Å². The molecule has 2 aromatic heterocycles. The van der Waals surface area contributed by atoms with E-state index in [1.807, 2.05) is 36.7 Å². The van der Waals surface area contributed by atoms with Crippen molar-refractivity contribution >= 4 is 28.6 Å². The number of H-pyrrole nitrogens is 1. The largest absolute Gasteiger partial charge is 0.404 e. The Balaban J connectivity index is 1.71. The second-order valence-electron chi connectivity index (χ2n) is 10.9. The van der Waals surface area contributed by atoms with Gasteiger partial charge >= 0.3 is 0 Å². The third-order valence-corrected chi connectivity index (χ3v) is 8.31. The quantitative estimate of drug-likeness (QED) is 0.134. The fourth-order valence-corrected chi connectivity index (χ4v) is 5.75. The van der Waals surface area contributed by atoms with Crippen LogP contribution in [0.3, 0.4) is 0 Å². The van der Waals surface area contributed by atoms with E-state index in [1.165, 1.54) is 16.5 Å². The number of nitrogens with two attached hydrogens (primary N) is 2. The second-order valence-corrected chi connectivity index (χ2v) is 10.9. The topological polar surface area (TPSA) is 72.8 Å². The molecule has 4 heteroatoms. The first-order chi connectivity index (χ1) is 21.9. The van der Waals surface area contributed by atoms with Gasteiger partial charge in [-0.1, -0.05) is 98.6 Å². The van der Waals surface area contributed by atoms with Gasteiger partial charge in [-0.25, -0.2) is 0 Å². The molecule has 0 saturated heterocycles. The number of aromatic nitrogens is 2. The minimum absolute atomic E-state index is 0.692. The van der Waals surface area contributed by atoms with Crippen LogP contribution in [0.2, 0.25) is 0 Å². The molecule has 0 aliphatic heterocycles. The van der Waals surface area contributed by atoms with Crippen molar-refractivity contribution in [2.45, 2.75) is 20.3 Å². The molecule has 5 aromatic rings. The highest BCUT2D eigenvalue weighted by atomic mass is 15.0. The molecule has 0 aliphatic rings. The maximum atomic E-state index is 6.56. The molecule has 0 radical (unpaired) electrons. The molecule has 224 valence electrons. The summed E-state index contributed by atoms with van der Waals surface area (Å²) in [6.07, 6.45) is 20.0. The number of benzene rings is 3. The summed E-state index contributed by atoms with van der Waals surface area (Å²) in [6, 6.07) is 23.3. The average molecular weight is 589 g/mol. The molecule has 5 N–H and O–H groups in total. The van der Waals surface area contributed by atoms with Crippen molar-refractivity contribution in [3.63, 3.8) is 0 Å². The Morgan fingerprint density at radius 2 is 1.69 bits per heavy atom. The molecular formula is C41H40N4. The van der Waals surface area contributed by atoms with Crippen LogP contribution in [0.4, 0.5) is 0 Å². The van der Waals surface area contributed by atoms with Crippen molar-refractivity contribution in [2.24, 2.45) is 11.5 Å². The maximum absolute atomic E-state index is 6.56. The molecule has 45 heavy (non-hydrogen) atoms. The summed E-state index contributed by atoms with van der Waals surface area (Å²) in [6.45, 7) is 16.6. The van der Waals surface area contributed by atoms with Crippen LogP contribution >= 0.6 is 0 Å². The number of hydrogen-bond donors (Lipinski definition) is 3. The van der Waals surface area contributed by atoms with E-state index in [9.17, 15) is 0 Å². The number of nitrogens with zero attached hydrogens (tertiary/aromatic N) is 1. The Labute approximate surface area is 266 Å². The van der Waals surface area contributed by atoms with Gasteiger partial charge in [0.05, 0.1) is 17.1 Å². The Morgan fingerprint density at radius 1 is 0.911 bits per heavy atom. The van der Waals surface area contributed by atoms with E-state index in [-0.39, 0.29) is 0 Å². The molecule has 0 unspecified atom stereocenters. The van der Waals surface area contributed by atoms with Crippen molar-refractivity contribution in [3.8, 4) is 16.9 Å².